The van der Waals surface area contributed by atoms with Gasteiger partial charge in [-0.05, 0) is 45.8 Å². The van der Waals surface area contributed by atoms with E-state index in [1.807, 2.05) is 7.05 Å². The van der Waals surface area contributed by atoms with E-state index in [0.29, 0.717) is 25.2 Å². The molecule has 1 N–H and O–H groups in total. The van der Waals surface area contributed by atoms with Gasteiger partial charge in [-0.1, -0.05) is 20.3 Å². The lowest BCUT2D eigenvalue weighted by molar-refractivity contribution is -0.186. The predicted molar refractivity (Wildman–Crippen MR) is 72.2 cm³/mol. The predicted octanol–water partition coefficient (Wildman–Crippen LogP) is 3.43. The first kappa shape index (κ1) is 16.8. The van der Waals surface area contributed by atoms with Crippen LogP contribution in [0.3, 0.4) is 0 Å². The molecule has 0 aromatic carbocycles. The van der Waals surface area contributed by atoms with E-state index in [1.54, 1.807) is 0 Å². The second-order valence-electron chi connectivity index (χ2n) is 5.51. The van der Waals surface area contributed by atoms with Crippen molar-refractivity contribution in [2.45, 2.75) is 64.2 Å². The fourth-order valence-electron chi connectivity index (χ4n) is 3.20. The number of hydrogen-bond donors (Lipinski definition) is 1. The van der Waals surface area contributed by atoms with Crippen molar-refractivity contribution in [3.05, 3.63) is 0 Å². The molecule has 0 aromatic rings. The first-order valence-electron chi connectivity index (χ1n) is 7.42. The van der Waals surface area contributed by atoms with E-state index < -0.39 is 12.1 Å². The Bertz CT molecular complexity index is 248. The summed E-state index contributed by atoms with van der Waals surface area (Å²) in [7, 11) is 1.95. The number of halogens is 3. The van der Waals surface area contributed by atoms with Gasteiger partial charge in [-0.25, -0.2) is 0 Å². The number of nitrogens with zero attached hydrogens (tertiary/aromatic N) is 1. The summed E-state index contributed by atoms with van der Waals surface area (Å²) >= 11 is 0. The Labute approximate surface area is 114 Å². The van der Waals surface area contributed by atoms with Crippen LogP contribution in [0.1, 0.15) is 46.0 Å². The number of hydrogen-bond acceptors (Lipinski definition) is 2. The largest absolute Gasteiger partial charge is 0.391 e. The van der Waals surface area contributed by atoms with Crippen molar-refractivity contribution in [2.75, 3.05) is 20.1 Å². The SMILES string of the molecule is CCCC(NC)C(CC)N1CCC(C(F)(F)F)CC1. The van der Waals surface area contributed by atoms with Crippen molar-refractivity contribution in [2.24, 2.45) is 5.92 Å². The summed E-state index contributed by atoms with van der Waals surface area (Å²) in [6.45, 7) is 5.42. The van der Waals surface area contributed by atoms with Crippen molar-refractivity contribution < 1.29 is 13.2 Å². The van der Waals surface area contributed by atoms with Crippen LogP contribution in [0.2, 0.25) is 0 Å². The van der Waals surface area contributed by atoms with Crippen LogP contribution in [0.25, 0.3) is 0 Å². The molecule has 0 aromatic heterocycles. The van der Waals surface area contributed by atoms with Gasteiger partial charge in [0.05, 0.1) is 5.92 Å². The minimum Gasteiger partial charge on any atom is -0.315 e. The molecule has 2 atom stereocenters. The van der Waals surface area contributed by atoms with Crippen molar-refractivity contribution in [1.29, 1.82) is 0 Å². The second-order valence-corrected chi connectivity index (χ2v) is 5.51. The van der Waals surface area contributed by atoms with Crippen LogP contribution in [-0.2, 0) is 0 Å². The smallest absolute Gasteiger partial charge is 0.315 e. The summed E-state index contributed by atoms with van der Waals surface area (Å²) in [6, 6.07) is 0.747. The molecule has 2 unspecified atom stereocenters. The fourth-order valence-corrected chi connectivity index (χ4v) is 3.20. The maximum absolute atomic E-state index is 12.7. The molecule has 0 bridgehead atoms. The van der Waals surface area contributed by atoms with Gasteiger partial charge in [-0.15, -0.1) is 0 Å². The summed E-state index contributed by atoms with van der Waals surface area (Å²) in [5.41, 5.74) is 0. The summed E-state index contributed by atoms with van der Waals surface area (Å²) in [5.74, 6) is -1.10. The first-order chi connectivity index (χ1) is 8.93. The topological polar surface area (TPSA) is 15.3 Å². The fraction of sp³-hybridized carbons (Fsp3) is 1.00. The molecule has 0 radical (unpaired) electrons. The van der Waals surface area contributed by atoms with Gasteiger partial charge in [-0.3, -0.25) is 4.90 Å². The van der Waals surface area contributed by atoms with Crippen molar-refractivity contribution in [1.82, 2.24) is 10.2 Å². The molecule has 0 spiro atoms. The van der Waals surface area contributed by atoms with Crippen LogP contribution in [0.4, 0.5) is 13.2 Å². The van der Waals surface area contributed by atoms with Crippen LogP contribution in [0, 0.1) is 5.92 Å². The Morgan fingerprint density at radius 3 is 2.16 bits per heavy atom. The zero-order valence-corrected chi connectivity index (χ0v) is 12.3. The molecule has 0 amide bonds. The van der Waals surface area contributed by atoms with Gasteiger partial charge in [0.1, 0.15) is 0 Å². The van der Waals surface area contributed by atoms with Crippen molar-refractivity contribution in [3.8, 4) is 0 Å². The Morgan fingerprint density at radius 2 is 1.79 bits per heavy atom. The molecule has 1 aliphatic rings. The molecule has 0 aliphatic carbocycles. The van der Waals surface area contributed by atoms with Crippen LogP contribution in [-0.4, -0.2) is 43.3 Å². The molecule has 19 heavy (non-hydrogen) atoms. The maximum atomic E-state index is 12.7. The summed E-state index contributed by atoms with van der Waals surface area (Å²) in [5, 5.41) is 3.33. The minimum absolute atomic E-state index is 0.253. The third-order valence-electron chi connectivity index (χ3n) is 4.31. The lowest BCUT2D eigenvalue weighted by atomic mass is 9.92. The van der Waals surface area contributed by atoms with E-state index in [2.05, 4.69) is 24.1 Å². The molecular formula is C14H27F3N2. The zero-order valence-electron chi connectivity index (χ0n) is 12.3. The number of nitrogens with one attached hydrogen (secondary N) is 1. The summed E-state index contributed by atoms with van der Waals surface area (Å²) in [4.78, 5) is 2.25. The Balaban J connectivity index is 2.56. The number of rotatable bonds is 6. The molecule has 0 saturated carbocycles. The molecule has 114 valence electrons. The van der Waals surface area contributed by atoms with Gasteiger partial charge in [-0.2, -0.15) is 13.2 Å². The van der Waals surface area contributed by atoms with E-state index in [9.17, 15) is 13.2 Å². The van der Waals surface area contributed by atoms with E-state index in [1.165, 1.54) is 0 Å². The van der Waals surface area contributed by atoms with Crippen LogP contribution >= 0.6 is 0 Å². The summed E-state index contributed by atoms with van der Waals surface area (Å²) in [6.07, 6.45) is -0.345. The van der Waals surface area contributed by atoms with Gasteiger partial charge in [0.15, 0.2) is 0 Å². The lowest BCUT2D eigenvalue weighted by Gasteiger charge is -2.41. The average Bonchev–Trinajstić information content (AvgIpc) is 2.38. The Hall–Kier alpha value is -0.290. The minimum atomic E-state index is -4.01. The van der Waals surface area contributed by atoms with Crippen LogP contribution < -0.4 is 5.32 Å². The first-order valence-corrected chi connectivity index (χ1v) is 7.42. The summed E-state index contributed by atoms with van der Waals surface area (Å²) < 4.78 is 38.0. The Kier molecular flexibility index (Phi) is 6.60. The van der Waals surface area contributed by atoms with Gasteiger partial charge in [0.2, 0.25) is 0 Å². The normalized spacial score (nSPS) is 22.4. The number of alkyl halides is 3. The van der Waals surface area contributed by atoms with Gasteiger partial charge in [0, 0.05) is 12.1 Å². The molecule has 1 rings (SSSR count). The molecule has 1 fully saturated rings. The highest BCUT2D eigenvalue weighted by molar-refractivity contribution is 4.87. The molecule has 1 saturated heterocycles. The molecule has 5 heteroatoms. The third kappa shape index (κ3) is 4.63. The van der Waals surface area contributed by atoms with E-state index in [0.717, 1.165) is 19.3 Å². The van der Waals surface area contributed by atoms with Crippen LogP contribution in [0.5, 0.6) is 0 Å². The third-order valence-corrected chi connectivity index (χ3v) is 4.31. The van der Waals surface area contributed by atoms with E-state index in [4.69, 9.17) is 0 Å². The monoisotopic (exact) mass is 280 g/mol. The van der Waals surface area contributed by atoms with E-state index in [-0.39, 0.29) is 12.8 Å². The molecule has 2 nitrogen and oxygen atoms in total. The number of likely N-dealkylation sites (N-methyl/N-ethyl adjacent to an activating group) is 1. The second kappa shape index (κ2) is 7.48. The number of piperidine rings is 1. The standard InChI is InChI=1S/C14H27F3N2/c1-4-6-12(18-3)13(5-2)19-9-7-11(8-10-19)14(15,16)17/h11-13,18H,4-10H2,1-3H3. The number of likely N-dealkylation sites (tertiary alicyclic amines) is 1. The highest BCUT2D eigenvalue weighted by Crippen LogP contribution is 2.35. The van der Waals surface area contributed by atoms with Crippen molar-refractivity contribution in [3.63, 3.8) is 0 Å². The van der Waals surface area contributed by atoms with Gasteiger partial charge < -0.3 is 5.32 Å². The molecule has 1 heterocycles. The van der Waals surface area contributed by atoms with Crippen molar-refractivity contribution >= 4 is 0 Å². The lowest BCUT2D eigenvalue weighted by Crippen LogP contribution is -2.52. The Morgan fingerprint density at radius 1 is 1.21 bits per heavy atom. The van der Waals surface area contributed by atoms with Gasteiger partial charge >= 0.3 is 6.18 Å². The van der Waals surface area contributed by atoms with Crippen LogP contribution in [0.15, 0.2) is 0 Å². The van der Waals surface area contributed by atoms with E-state index >= 15 is 0 Å². The average molecular weight is 280 g/mol. The highest BCUT2D eigenvalue weighted by Gasteiger charge is 2.42. The van der Waals surface area contributed by atoms with Gasteiger partial charge in [0.25, 0.3) is 0 Å². The molecule has 1 aliphatic heterocycles. The zero-order chi connectivity index (χ0) is 14.5. The highest BCUT2D eigenvalue weighted by atomic mass is 19.4. The molecular weight excluding hydrogens is 253 g/mol. The quantitative estimate of drug-likeness (QED) is 0.802. The maximum Gasteiger partial charge on any atom is 0.391 e.